The minimum atomic E-state index is -3.08. The zero-order valence-electron chi connectivity index (χ0n) is 16.1. The summed E-state index contributed by atoms with van der Waals surface area (Å²) in [5.41, 5.74) is 0. The van der Waals surface area contributed by atoms with Crippen LogP contribution in [0.2, 0.25) is 0 Å². The van der Waals surface area contributed by atoms with Gasteiger partial charge < -0.3 is 9.80 Å². The predicted molar refractivity (Wildman–Crippen MR) is 102 cm³/mol. The first-order chi connectivity index (χ1) is 12.0. The molecule has 146 valence electrons. The fourth-order valence-corrected chi connectivity index (χ4v) is 6.19. The second-order valence-corrected chi connectivity index (χ2v) is 10.3. The Kier molecular flexibility index (Phi) is 6.77. The lowest BCUT2D eigenvalue weighted by atomic mass is 10.0. The maximum Gasteiger partial charge on any atom is 0.214 e. The first-order valence-electron chi connectivity index (χ1n) is 10.1. The Labute approximate surface area is 154 Å². The Bertz CT molecular complexity index is 511. The van der Waals surface area contributed by atoms with Crippen molar-refractivity contribution in [3.63, 3.8) is 0 Å². The molecule has 0 saturated carbocycles. The van der Waals surface area contributed by atoms with Crippen molar-refractivity contribution in [1.82, 2.24) is 19.0 Å². The Morgan fingerprint density at radius 1 is 0.880 bits per heavy atom. The highest BCUT2D eigenvalue weighted by atomic mass is 32.2. The highest BCUT2D eigenvalue weighted by molar-refractivity contribution is 7.89. The quantitative estimate of drug-likeness (QED) is 0.693. The van der Waals surface area contributed by atoms with Gasteiger partial charge in [-0.05, 0) is 72.3 Å². The van der Waals surface area contributed by atoms with Gasteiger partial charge >= 0.3 is 0 Å². The van der Waals surface area contributed by atoms with Crippen molar-refractivity contribution < 1.29 is 8.42 Å². The van der Waals surface area contributed by atoms with Crippen LogP contribution in [-0.4, -0.2) is 105 Å². The molecule has 0 amide bonds. The van der Waals surface area contributed by atoms with Gasteiger partial charge in [-0.25, -0.2) is 8.42 Å². The second kappa shape index (κ2) is 8.65. The lowest BCUT2D eigenvalue weighted by Gasteiger charge is -2.41. The van der Waals surface area contributed by atoms with Crippen molar-refractivity contribution in [3.05, 3.63) is 0 Å². The molecule has 0 bridgehead atoms. The Morgan fingerprint density at radius 3 is 2.16 bits per heavy atom. The third kappa shape index (κ3) is 5.16. The van der Waals surface area contributed by atoms with Crippen LogP contribution in [0, 0.1) is 0 Å². The van der Waals surface area contributed by atoms with Crippen molar-refractivity contribution in [1.29, 1.82) is 0 Å². The number of hydrogen-bond acceptors (Lipinski definition) is 5. The predicted octanol–water partition coefficient (Wildman–Crippen LogP) is 0.902. The molecule has 7 heteroatoms. The molecule has 0 aromatic carbocycles. The maximum atomic E-state index is 12.7. The lowest BCUT2D eigenvalue weighted by molar-refractivity contribution is 0.0892. The van der Waals surface area contributed by atoms with E-state index >= 15 is 0 Å². The summed E-state index contributed by atoms with van der Waals surface area (Å²) in [7, 11) is 1.27. The van der Waals surface area contributed by atoms with Crippen LogP contribution in [0.1, 0.15) is 38.5 Å². The number of sulfonamides is 1. The summed E-state index contributed by atoms with van der Waals surface area (Å²) in [5, 5.41) is 0. The van der Waals surface area contributed by atoms with E-state index in [0.717, 1.165) is 32.5 Å². The summed E-state index contributed by atoms with van der Waals surface area (Å²) in [5.74, 6) is 0.325. The van der Waals surface area contributed by atoms with Crippen LogP contribution in [0.5, 0.6) is 0 Å². The normalized spacial score (nSPS) is 29.4. The molecule has 0 radical (unpaired) electrons. The van der Waals surface area contributed by atoms with Crippen LogP contribution < -0.4 is 0 Å². The van der Waals surface area contributed by atoms with Gasteiger partial charge in [0.2, 0.25) is 10.0 Å². The first kappa shape index (κ1) is 19.5. The van der Waals surface area contributed by atoms with Crippen LogP contribution >= 0.6 is 0 Å². The molecular formula is C18H36N4O2S. The molecule has 6 nitrogen and oxygen atoms in total. The zero-order chi connectivity index (χ0) is 17.9. The fourth-order valence-electron chi connectivity index (χ4n) is 4.68. The summed E-state index contributed by atoms with van der Waals surface area (Å²) in [6, 6.07) is 1.25. The Morgan fingerprint density at radius 2 is 1.56 bits per heavy atom. The summed E-state index contributed by atoms with van der Waals surface area (Å²) in [6.45, 7) is 6.65. The van der Waals surface area contributed by atoms with Gasteiger partial charge in [0.05, 0.1) is 5.75 Å². The maximum absolute atomic E-state index is 12.7. The Balaban J connectivity index is 1.40. The molecular weight excluding hydrogens is 336 g/mol. The molecule has 1 unspecified atom stereocenters. The van der Waals surface area contributed by atoms with Crippen LogP contribution in [-0.2, 0) is 10.0 Å². The number of nitrogens with zero attached hydrogens (tertiary/aromatic N) is 4. The average Bonchev–Trinajstić information content (AvgIpc) is 3.01. The van der Waals surface area contributed by atoms with E-state index in [4.69, 9.17) is 0 Å². The number of piperazine rings is 1. The lowest BCUT2D eigenvalue weighted by Crippen LogP contribution is -2.54. The third-order valence-corrected chi connectivity index (χ3v) is 8.44. The summed E-state index contributed by atoms with van der Waals surface area (Å²) in [4.78, 5) is 7.29. The zero-order valence-corrected chi connectivity index (χ0v) is 16.9. The molecule has 0 aromatic rings. The van der Waals surface area contributed by atoms with Gasteiger partial charge in [-0.15, -0.1) is 0 Å². The molecule has 3 rings (SSSR count). The summed E-state index contributed by atoms with van der Waals surface area (Å²) < 4.78 is 27.1. The van der Waals surface area contributed by atoms with Gasteiger partial charge in [-0.2, -0.15) is 4.31 Å². The minimum absolute atomic E-state index is 0.325. The van der Waals surface area contributed by atoms with Crippen molar-refractivity contribution in [3.8, 4) is 0 Å². The van der Waals surface area contributed by atoms with Crippen molar-refractivity contribution in [2.45, 2.75) is 50.6 Å². The topological polar surface area (TPSA) is 47.1 Å². The molecule has 3 aliphatic heterocycles. The van der Waals surface area contributed by atoms with Crippen LogP contribution in [0.15, 0.2) is 0 Å². The second-order valence-electron chi connectivity index (χ2n) is 8.20. The SMILES string of the molecule is CN1CCC(N2CCN(S(=O)(=O)CCCC3CCCN3C)CC2)CC1. The van der Waals surface area contributed by atoms with E-state index in [1.54, 1.807) is 4.31 Å². The number of rotatable bonds is 6. The van der Waals surface area contributed by atoms with Crippen molar-refractivity contribution in [2.75, 3.05) is 65.7 Å². The van der Waals surface area contributed by atoms with Crippen LogP contribution in [0.25, 0.3) is 0 Å². The van der Waals surface area contributed by atoms with E-state index in [9.17, 15) is 8.42 Å². The molecule has 0 aliphatic carbocycles. The first-order valence-corrected chi connectivity index (χ1v) is 11.7. The van der Waals surface area contributed by atoms with E-state index in [1.165, 1.54) is 38.8 Å². The molecule has 3 saturated heterocycles. The molecule has 0 spiro atoms. The number of likely N-dealkylation sites (tertiary alicyclic amines) is 2. The molecule has 25 heavy (non-hydrogen) atoms. The number of hydrogen-bond donors (Lipinski definition) is 0. The minimum Gasteiger partial charge on any atom is -0.306 e. The smallest absolute Gasteiger partial charge is 0.214 e. The highest BCUT2D eigenvalue weighted by Crippen LogP contribution is 2.21. The van der Waals surface area contributed by atoms with Gasteiger partial charge in [-0.1, -0.05) is 0 Å². The van der Waals surface area contributed by atoms with Gasteiger partial charge in [-0.3, -0.25) is 4.90 Å². The summed E-state index contributed by atoms with van der Waals surface area (Å²) in [6.07, 6.45) is 6.74. The molecule has 1 atom stereocenters. The van der Waals surface area contributed by atoms with E-state index in [2.05, 4.69) is 28.8 Å². The molecule has 0 aromatic heterocycles. The third-order valence-electron chi connectivity index (χ3n) is 6.48. The average molecular weight is 373 g/mol. The van der Waals surface area contributed by atoms with Gasteiger partial charge in [0.25, 0.3) is 0 Å². The largest absolute Gasteiger partial charge is 0.306 e. The standard InChI is InChI=1S/C18H36N4O2S/c1-19-10-7-18(8-11-19)21-12-14-22(15-13-21)25(23,24)16-4-6-17-5-3-9-20(17)2/h17-18H,3-16H2,1-2H3. The van der Waals surface area contributed by atoms with Crippen LogP contribution in [0.3, 0.4) is 0 Å². The molecule has 0 N–H and O–H groups in total. The van der Waals surface area contributed by atoms with Crippen molar-refractivity contribution in [2.24, 2.45) is 0 Å². The monoisotopic (exact) mass is 372 g/mol. The molecule has 3 heterocycles. The highest BCUT2D eigenvalue weighted by Gasteiger charge is 2.31. The fraction of sp³-hybridized carbons (Fsp3) is 1.00. The summed E-state index contributed by atoms with van der Waals surface area (Å²) >= 11 is 0. The van der Waals surface area contributed by atoms with E-state index < -0.39 is 10.0 Å². The number of piperidine rings is 1. The van der Waals surface area contributed by atoms with E-state index in [1.807, 2.05) is 0 Å². The molecule has 3 aliphatic rings. The van der Waals surface area contributed by atoms with E-state index in [-0.39, 0.29) is 0 Å². The van der Waals surface area contributed by atoms with E-state index in [0.29, 0.717) is 30.9 Å². The van der Waals surface area contributed by atoms with Gasteiger partial charge in [0.15, 0.2) is 0 Å². The van der Waals surface area contributed by atoms with Crippen molar-refractivity contribution >= 4 is 10.0 Å². The van der Waals surface area contributed by atoms with Gasteiger partial charge in [0, 0.05) is 38.3 Å². The van der Waals surface area contributed by atoms with Crippen LogP contribution in [0.4, 0.5) is 0 Å². The van der Waals surface area contributed by atoms with Gasteiger partial charge in [0.1, 0.15) is 0 Å². The molecule has 3 fully saturated rings. The Hall–Kier alpha value is -0.210.